The van der Waals surface area contributed by atoms with Gasteiger partial charge in [0.15, 0.2) is 6.04 Å². The van der Waals surface area contributed by atoms with Crippen molar-refractivity contribution in [2.75, 3.05) is 6.54 Å². The number of urea groups is 1. The van der Waals surface area contributed by atoms with Crippen molar-refractivity contribution < 1.29 is 19.1 Å². The van der Waals surface area contributed by atoms with Crippen molar-refractivity contribution >= 4 is 12.0 Å². The second-order valence-electron chi connectivity index (χ2n) is 4.41. The molecule has 0 spiro atoms. The number of carboxylic acid groups (broad SMARTS) is 1. The Hall–Kier alpha value is -2.76. The number of benzene rings is 1. The van der Waals surface area contributed by atoms with Gasteiger partial charge in [-0.2, -0.15) is 0 Å². The van der Waals surface area contributed by atoms with E-state index >= 15 is 0 Å². The van der Waals surface area contributed by atoms with Crippen LogP contribution in [0.5, 0.6) is 0 Å². The topological polar surface area (TPSA) is 91.6 Å². The standard InChI is InChI=1S/C15H16N2O4/c18-14(19)13(11-5-2-1-3-6-11)17-15(20)16-9-8-12-7-4-10-21-12/h1-7,10,13H,8-9H2,(H,18,19)(H2,16,17,20)/t13-/m0/s1. The number of hydrogen-bond donors (Lipinski definition) is 3. The Labute approximate surface area is 121 Å². The third-order valence-electron chi connectivity index (χ3n) is 2.89. The van der Waals surface area contributed by atoms with Crippen LogP contribution < -0.4 is 10.6 Å². The molecular formula is C15H16N2O4. The first kappa shape index (κ1) is 14.6. The lowest BCUT2D eigenvalue weighted by atomic mass is 10.1. The molecule has 2 rings (SSSR count). The molecule has 0 unspecified atom stereocenters. The number of aliphatic carboxylic acids is 1. The van der Waals surface area contributed by atoms with Crippen molar-refractivity contribution in [3.8, 4) is 0 Å². The highest BCUT2D eigenvalue weighted by molar-refractivity contribution is 5.83. The van der Waals surface area contributed by atoms with Crippen LogP contribution in [-0.4, -0.2) is 23.7 Å². The molecule has 0 saturated carbocycles. The van der Waals surface area contributed by atoms with Crippen molar-refractivity contribution in [1.29, 1.82) is 0 Å². The van der Waals surface area contributed by atoms with Gasteiger partial charge in [0.25, 0.3) is 0 Å². The third-order valence-corrected chi connectivity index (χ3v) is 2.89. The fourth-order valence-electron chi connectivity index (χ4n) is 1.87. The summed E-state index contributed by atoms with van der Waals surface area (Å²) in [7, 11) is 0. The van der Waals surface area contributed by atoms with Crippen molar-refractivity contribution in [1.82, 2.24) is 10.6 Å². The molecule has 110 valence electrons. The van der Waals surface area contributed by atoms with Crippen LogP contribution in [0.1, 0.15) is 17.4 Å². The molecule has 2 aromatic rings. The molecular weight excluding hydrogens is 272 g/mol. The van der Waals surface area contributed by atoms with Crippen LogP contribution in [0.2, 0.25) is 0 Å². The van der Waals surface area contributed by atoms with Gasteiger partial charge >= 0.3 is 12.0 Å². The average molecular weight is 288 g/mol. The second-order valence-corrected chi connectivity index (χ2v) is 4.41. The van der Waals surface area contributed by atoms with Crippen LogP contribution in [0.4, 0.5) is 4.79 Å². The summed E-state index contributed by atoms with van der Waals surface area (Å²) in [4.78, 5) is 23.0. The highest BCUT2D eigenvalue weighted by Gasteiger charge is 2.21. The molecule has 0 aliphatic heterocycles. The number of carbonyl (C=O) groups excluding carboxylic acids is 1. The van der Waals surface area contributed by atoms with Gasteiger partial charge in [-0.05, 0) is 17.7 Å². The smallest absolute Gasteiger partial charge is 0.330 e. The van der Waals surface area contributed by atoms with Gasteiger partial charge in [0.05, 0.1) is 6.26 Å². The van der Waals surface area contributed by atoms with E-state index in [-0.39, 0.29) is 0 Å². The molecule has 0 radical (unpaired) electrons. The van der Waals surface area contributed by atoms with Gasteiger partial charge in [-0.15, -0.1) is 0 Å². The first-order chi connectivity index (χ1) is 10.2. The molecule has 1 aromatic carbocycles. The molecule has 21 heavy (non-hydrogen) atoms. The molecule has 0 aliphatic carbocycles. The maximum atomic E-state index is 11.7. The maximum Gasteiger partial charge on any atom is 0.330 e. The van der Waals surface area contributed by atoms with E-state index in [0.29, 0.717) is 18.5 Å². The van der Waals surface area contributed by atoms with E-state index in [2.05, 4.69) is 10.6 Å². The Morgan fingerprint density at radius 2 is 1.90 bits per heavy atom. The number of nitrogens with one attached hydrogen (secondary N) is 2. The molecule has 0 fully saturated rings. The molecule has 1 heterocycles. The molecule has 6 nitrogen and oxygen atoms in total. The van der Waals surface area contributed by atoms with Crippen LogP contribution >= 0.6 is 0 Å². The summed E-state index contributed by atoms with van der Waals surface area (Å²) in [6, 6.07) is 10.5. The highest BCUT2D eigenvalue weighted by atomic mass is 16.4. The first-order valence-corrected chi connectivity index (χ1v) is 6.51. The van der Waals surface area contributed by atoms with E-state index in [1.54, 1.807) is 42.7 Å². The Morgan fingerprint density at radius 1 is 1.14 bits per heavy atom. The molecule has 2 amide bonds. The predicted octanol–water partition coefficient (Wildman–Crippen LogP) is 1.95. The Morgan fingerprint density at radius 3 is 2.52 bits per heavy atom. The second kappa shape index (κ2) is 7.14. The average Bonchev–Trinajstić information content (AvgIpc) is 2.98. The quantitative estimate of drug-likeness (QED) is 0.757. The normalized spacial score (nSPS) is 11.6. The molecule has 6 heteroatoms. The van der Waals surface area contributed by atoms with Crippen molar-refractivity contribution in [2.45, 2.75) is 12.5 Å². The number of amides is 2. The Balaban J connectivity index is 1.85. The zero-order valence-electron chi connectivity index (χ0n) is 11.3. The van der Waals surface area contributed by atoms with Gasteiger partial charge < -0.3 is 20.2 Å². The lowest BCUT2D eigenvalue weighted by Gasteiger charge is -2.15. The molecule has 1 aromatic heterocycles. The zero-order valence-corrected chi connectivity index (χ0v) is 11.3. The van der Waals surface area contributed by atoms with E-state index < -0.39 is 18.0 Å². The van der Waals surface area contributed by atoms with E-state index in [1.807, 2.05) is 6.07 Å². The monoisotopic (exact) mass is 288 g/mol. The minimum atomic E-state index is -1.11. The first-order valence-electron chi connectivity index (χ1n) is 6.51. The third kappa shape index (κ3) is 4.38. The highest BCUT2D eigenvalue weighted by Crippen LogP contribution is 2.12. The van der Waals surface area contributed by atoms with Crippen LogP contribution in [0, 0.1) is 0 Å². The van der Waals surface area contributed by atoms with Crippen LogP contribution in [0.3, 0.4) is 0 Å². The van der Waals surface area contributed by atoms with E-state index in [9.17, 15) is 14.7 Å². The largest absolute Gasteiger partial charge is 0.479 e. The summed E-state index contributed by atoms with van der Waals surface area (Å²) in [5, 5.41) is 14.2. The molecule has 1 atom stereocenters. The van der Waals surface area contributed by atoms with Crippen LogP contribution in [0.15, 0.2) is 53.1 Å². The molecule has 0 bridgehead atoms. The number of carbonyl (C=O) groups is 2. The minimum Gasteiger partial charge on any atom is -0.479 e. The van der Waals surface area contributed by atoms with Gasteiger partial charge in [0, 0.05) is 13.0 Å². The molecule has 0 saturated heterocycles. The summed E-state index contributed by atoms with van der Waals surface area (Å²) in [6.45, 7) is 0.362. The van der Waals surface area contributed by atoms with E-state index in [0.717, 1.165) is 5.76 Å². The zero-order chi connectivity index (χ0) is 15.1. The van der Waals surface area contributed by atoms with Crippen molar-refractivity contribution in [3.63, 3.8) is 0 Å². The number of furan rings is 1. The fraction of sp³-hybridized carbons (Fsp3) is 0.200. The van der Waals surface area contributed by atoms with E-state index in [4.69, 9.17) is 4.42 Å². The van der Waals surface area contributed by atoms with Gasteiger partial charge in [-0.25, -0.2) is 9.59 Å². The number of carboxylic acids is 1. The number of hydrogen-bond acceptors (Lipinski definition) is 3. The van der Waals surface area contributed by atoms with Gasteiger partial charge in [0.1, 0.15) is 5.76 Å². The van der Waals surface area contributed by atoms with Crippen molar-refractivity contribution in [2.24, 2.45) is 0 Å². The summed E-state index contributed by atoms with van der Waals surface area (Å²) in [5.74, 6) is -0.351. The van der Waals surface area contributed by atoms with Gasteiger partial charge in [-0.3, -0.25) is 0 Å². The molecule has 3 N–H and O–H groups in total. The van der Waals surface area contributed by atoms with E-state index in [1.165, 1.54) is 0 Å². The summed E-state index contributed by atoms with van der Waals surface area (Å²) >= 11 is 0. The SMILES string of the molecule is O=C(NCCc1ccco1)N[C@H](C(=O)O)c1ccccc1. The molecule has 0 aliphatic rings. The fourth-order valence-corrected chi connectivity index (χ4v) is 1.87. The Kier molecular flexibility index (Phi) is 4.98. The minimum absolute atomic E-state index is 0.362. The van der Waals surface area contributed by atoms with Crippen LogP contribution in [0.25, 0.3) is 0 Å². The summed E-state index contributed by atoms with van der Waals surface area (Å²) < 4.78 is 5.14. The van der Waals surface area contributed by atoms with Crippen LogP contribution in [-0.2, 0) is 11.2 Å². The number of rotatable bonds is 6. The predicted molar refractivity (Wildman–Crippen MR) is 75.8 cm³/mol. The van der Waals surface area contributed by atoms with Gasteiger partial charge in [0.2, 0.25) is 0 Å². The Bertz CT molecular complexity index is 581. The maximum absolute atomic E-state index is 11.7. The van der Waals surface area contributed by atoms with Gasteiger partial charge in [-0.1, -0.05) is 30.3 Å². The summed E-state index contributed by atoms with van der Waals surface area (Å²) in [6.07, 6.45) is 2.11. The lowest BCUT2D eigenvalue weighted by Crippen LogP contribution is -2.41. The lowest BCUT2D eigenvalue weighted by molar-refractivity contribution is -0.139. The van der Waals surface area contributed by atoms with Crippen molar-refractivity contribution in [3.05, 3.63) is 60.1 Å². The summed E-state index contributed by atoms with van der Waals surface area (Å²) in [5.41, 5.74) is 0.520.